The molecular weight excluding hydrogens is 270 g/mol. The number of rotatable bonds is 5. The second kappa shape index (κ2) is 5.32. The fourth-order valence-corrected chi connectivity index (χ4v) is 3.12. The van der Waals surface area contributed by atoms with Gasteiger partial charge in [-0.1, -0.05) is 41.7 Å². The minimum Gasteiger partial charge on any atom is -0.350 e. The van der Waals surface area contributed by atoms with Gasteiger partial charge in [-0.2, -0.15) is 0 Å². The van der Waals surface area contributed by atoms with Crippen molar-refractivity contribution in [3.8, 4) is 0 Å². The predicted octanol–water partition coefficient (Wildman–Crippen LogP) is 2.56. The predicted molar refractivity (Wildman–Crippen MR) is 79.0 cm³/mol. The van der Waals surface area contributed by atoms with Crippen LogP contribution < -0.4 is 5.32 Å². The molecule has 3 rings (SSSR count). The summed E-state index contributed by atoms with van der Waals surface area (Å²) >= 11 is 1.18. The lowest BCUT2D eigenvalue weighted by Crippen LogP contribution is -2.32. The van der Waals surface area contributed by atoms with Crippen molar-refractivity contribution in [2.45, 2.75) is 31.6 Å². The van der Waals surface area contributed by atoms with E-state index < -0.39 is 0 Å². The minimum absolute atomic E-state index is 0.0425. The van der Waals surface area contributed by atoms with Gasteiger partial charge in [-0.25, -0.2) is 0 Å². The van der Waals surface area contributed by atoms with Gasteiger partial charge < -0.3 is 5.32 Å². The molecular formula is C15H17N3OS. The standard InChI is InChI=1S/C15H17N3OS/c1-2-12-13(20-18-17-12)14(19)16-10-15(8-9-15)11-6-4-3-5-7-11/h3-7H,2,8-10H2,1H3,(H,16,19). The van der Waals surface area contributed by atoms with Gasteiger partial charge in [0.05, 0.1) is 5.69 Å². The third-order valence-corrected chi connectivity index (χ3v) is 4.69. The van der Waals surface area contributed by atoms with Crippen LogP contribution in [0.5, 0.6) is 0 Å². The van der Waals surface area contributed by atoms with Crippen LogP contribution in [0.4, 0.5) is 0 Å². The van der Waals surface area contributed by atoms with E-state index in [1.807, 2.05) is 13.0 Å². The molecule has 104 valence electrons. The van der Waals surface area contributed by atoms with Gasteiger partial charge in [0.1, 0.15) is 4.88 Å². The first kappa shape index (κ1) is 13.2. The van der Waals surface area contributed by atoms with Crippen LogP contribution in [0.3, 0.4) is 0 Å². The van der Waals surface area contributed by atoms with E-state index in [9.17, 15) is 4.79 Å². The number of aromatic nitrogens is 2. The van der Waals surface area contributed by atoms with E-state index in [1.54, 1.807) is 0 Å². The van der Waals surface area contributed by atoms with Crippen LogP contribution in [0.25, 0.3) is 0 Å². The highest BCUT2D eigenvalue weighted by molar-refractivity contribution is 7.08. The van der Waals surface area contributed by atoms with E-state index in [-0.39, 0.29) is 11.3 Å². The Morgan fingerprint density at radius 1 is 1.35 bits per heavy atom. The van der Waals surface area contributed by atoms with E-state index in [4.69, 9.17) is 0 Å². The molecule has 0 atom stereocenters. The van der Waals surface area contributed by atoms with E-state index in [2.05, 4.69) is 39.2 Å². The van der Waals surface area contributed by atoms with Crippen molar-refractivity contribution < 1.29 is 4.79 Å². The first-order chi connectivity index (χ1) is 9.75. The maximum Gasteiger partial charge on any atom is 0.264 e. The van der Waals surface area contributed by atoms with E-state index in [0.717, 1.165) is 25.0 Å². The summed E-state index contributed by atoms with van der Waals surface area (Å²) in [5, 5.41) is 7.03. The van der Waals surface area contributed by atoms with Gasteiger partial charge >= 0.3 is 0 Å². The summed E-state index contributed by atoms with van der Waals surface area (Å²) in [6.07, 6.45) is 3.01. The lowest BCUT2D eigenvalue weighted by molar-refractivity contribution is 0.0952. The fourth-order valence-electron chi connectivity index (χ4n) is 2.45. The molecule has 2 aromatic rings. The van der Waals surface area contributed by atoms with Crippen molar-refractivity contribution in [2.75, 3.05) is 6.54 Å². The summed E-state index contributed by atoms with van der Waals surface area (Å²) in [5.41, 5.74) is 2.25. The molecule has 1 aromatic heterocycles. The van der Waals surface area contributed by atoms with Gasteiger partial charge in [-0.3, -0.25) is 4.79 Å². The highest BCUT2D eigenvalue weighted by Gasteiger charge is 2.44. The summed E-state index contributed by atoms with van der Waals surface area (Å²) in [6, 6.07) is 10.4. The number of carbonyl (C=O) groups is 1. The molecule has 4 nitrogen and oxygen atoms in total. The Bertz CT molecular complexity index is 605. The highest BCUT2D eigenvalue weighted by Crippen LogP contribution is 2.47. The lowest BCUT2D eigenvalue weighted by Gasteiger charge is -2.16. The summed E-state index contributed by atoms with van der Waals surface area (Å²) in [6.45, 7) is 2.68. The third-order valence-electron chi connectivity index (χ3n) is 3.92. The van der Waals surface area contributed by atoms with Crippen molar-refractivity contribution in [3.05, 3.63) is 46.5 Å². The second-order valence-electron chi connectivity index (χ2n) is 5.23. The molecule has 1 saturated carbocycles. The number of hydrogen-bond donors (Lipinski definition) is 1. The molecule has 0 unspecified atom stereocenters. The second-order valence-corrected chi connectivity index (χ2v) is 5.99. The molecule has 1 amide bonds. The fraction of sp³-hybridized carbons (Fsp3) is 0.400. The molecule has 1 aromatic carbocycles. The molecule has 0 aliphatic heterocycles. The zero-order valence-corrected chi connectivity index (χ0v) is 12.2. The molecule has 1 aliphatic carbocycles. The Morgan fingerprint density at radius 2 is 2.10 bits per heavy atom. The van der Waals surface area contributed by atoms with E-state index >= 15 is 0 Å². The number of nitrogens with one attached hydrogen (secondary N) is 1. The van der Waals surface area contributed by atoms with Crippen LogP contribution >= 0.6 is 11.5 Å². The molecule has 1 heterocycles. The topological polar surface area (TPSA) is 54.9 Å². The van der Waals surface area contributed by atoms with Crippen molar-refractivity contribution in [3.63, 3.8) is 0 Å². The van der Waals surface area contributed by atoms with E-state index in [0.29, 0.717) is 11.4 Å². The van der Waals surface area contributed by atoms with Crippen LogP contribution in [0.1, 0.15) is 40.7 Å². The number of aryl methyl sites for hydroxylation is 1. The Balaban J connectivity index is 1.67. The molecule has 1 N–H and O–H groups in total. The number of amides is 1. The summed E-state index contributed by atoms with van der Waals surface area (Å²) in [5.74, 6) is -0.0425. The largest absolute Gasteiger partial charge is 0.350 e. The maximum atomic E-state index is 12.2. The van der Waals surface area contributed by atoms with Crippen molar-refractivity contribution in [2.24, 2.45) is 0 Å². The summed E-state index contributed by atoms with van der Waals surface area (Å²) < 4.78 is 3.86. The first-order valence-corrected chi connectivity index (χ1v) is 7.67. The number of carbonyl (C=O) groups excluding carboxylic acids is 1. The Hall–Kier alpha value is -1.75. The van der Waals surface area contributed by atoms with Crippen molar-refractivity contribution >= 4 is 17.4 Å². The molecule has 0 radical (unpaired) electrons. The monoisotopic (exact) mass is 287 g/mol. The van der Waals surface area contributed by atoms with Gasteiger partial charge in [0.15, 0.2) is 0 Å². The number of hydrogen-bond acceptors (Lipinski definition) is 4. The Labute approximate surface area is 122 Å². The Kier molecular flexibility index (Phi) is 3.53. The van der Waals surface area contributed by atoms with Crippen molar-refractivity contribution in [1.82, 2.24) is 14.9 Å². The Morgan fingerprint density at radius 3 is 2.75 bits per heavy atom. The SMILES string of the molecule is CCc1nnsc1C(=O)NCC1(c2ccccc2)CC1. The average Bonchev–Trinajstić information content (AvgIpc) is 3.14. The zero-order chi connectivity index (χ0) is 14.0. The van der Waals surface area contributed by atoms with Gasteiger partial charge in [0, 0.05) is 12.0 Å². The van der Waals surface area contributed by atoms with Crippen LogP contribution in [0.2, 0.25) is 0 Å². The van der Waals surface area contributed by atoms with Gasteiger partial charge in [0.25, 0.3) is 5.91 Å². The maximum absolute atomic E-state index is 12.2. The van der Waals surface area contributed by atoms with Crippen LogP contribution in [-0.4, -0.2) is 22.0 Å². The first-order valence-electron chi connectivity index (χ1n) is 6.90. The summed E-state index contributed by atoms with van der Waals surface area (Å²) in [7, 11) is 0. The smallest absolute Gasteiger partial charge is 0.264 e. The minimum atomic E-state index is -0.0425. The molecule has 0 spiro atoms. The molecule has 0 bridgehead atoms. The molecule has 1 fully saturated rings. The van der Waals surface area contributed by atoms with Crippen molar-refractivity contribution in [1.29, 1.82) is 0 Å². The molecule has 20 heavy (non-hydrogen) atoms. The van der Waals surface area contributed by atoms with Crippen LogP contribution in [-0.2, 0) is 11.8 Å². The zero-order valence-electron chi connectivity index (χ0n) is 11.4. The molecule has 0 saturated heterocycles. The molecule has 5 heteroatoms. The summed E-state index contributed by atoms with van der Waals surface area (Å²) in [4.78, 5) is 12.9. The number of benzene rings is 1. The lowest BCUT2D eigenvalue weighted by atomic mass is 9.96. The van der Waals surface area contributed by atoms with E-state index in [1.165, 1.54) is 17.1 Å². The number of nitrogens with zero attached hydrogens (tertiary/aromatic N) is 2. The third kappa shape index (κ3) is 2.45. The quantitative estimate of drug-likeness (QED) is 0.919. The average molecular weight is 287 g/mol. The molecule has 1 aliphatic rings. The normalized spacial score (nSPS) is 15.8. The van der Waals surface area contributed by atoms with Gasteiger partial charge in [-0.05, 0) is 36.4 Å². The highest BCUT2D eigenvalue weighted by atomic mass is 32.1. The van der Waals surface area contributed by atoms with Gasteiger partial charge in [0.2, 0.25) is 0 Å². The van der Waals surface area contributed by atoms with Gasteiger partial charge in [-0.15, -0.1) is 5.10 Å². The van der Waals surface area contributed by atoms with Crippen LogP contribution in [0.15, 0.2) is 30.3 Å². The van der Waals surface area contributed by atoms with Crippen LogP contribution in [0, 0.1) is 0 Å².